The van der Waals surface area contributed by atoms with Crippen LogP contribution < -0.4 is 0 Å². The highest BCUT2D eigenvalue weighted by Gasteiger charge is 2.17. The maximum atomic E-state index is 12.3. The minimum absolute atomic E-state index is 0.0253. The zero-order chi connectivity index (χ0) is 17.9. The summed E-state index contributed by atoms with van der Waals surface area (Å²) in [6, 6.07) is 9.35. The summed E-state index contributed by atoms with van der Waals surface area (Å²) in [6.07, 6.45) is 13.0. The Hall–Kier alpha value is -2.10. The van der Waals surface area contributed by atoms with Gasteiger partial charge in [0.05, 0.1) is 17.4 Å². The van der Waals surface area contributed by atoms with Gasteiger partial charge in [0.2, 0.25) is 5.88 Å². The second-order valence-corrected chi connectivity index (χ2v) is 6.63. The van der Waals surface area contributed by atoms with Gasteiger partial charge in [-0.1, -0.05) is 76.5 Å². The molecule has 4 nitrogen and oxygen atoms in total. The van der Waals surface area contributed by atoms with Gasteiger partial charge in [0.1, 0.15) is 0 Å². The van der Waals surface area contributed by atoms with Crippen molar-refractivity contribution >= 4 is 5.78 Å². The molecule has 2 aromatic rings. The molecular weight excluding hydrogens is 312 g/mol. The number of para-hydroxylation sites is 1. The van der Waals surface area contributed by atoms with Crippen molar-refractivity contribution in [3.63, 3.8) is 0 Å². The van der Waals surface area contributed by atoms with Gasteiger partial charge in [-0.05, 0) is 18.6 Å². The molecule has 1 aromatic carbocycles. The van der Waals surface area contributed by atoms with Crippen LogP contribution in [0.25, 0.3) is 5.69 Å². The van der Waals surface area contributed by atoms with Crippen molar-refractivity contribution in [1.29, 1.82) is 0 Å². The van der Waals surface area contributed by atoms with Crippen molar-refractivity contribution in [1.82, 2.24) is 9.78 Å². The Morgan fingerprint density at radius 1 is 0.960 bits per heavy atom. The predicted molar refractivity (Wildman–Crippen MR) is 101 cm³/mol. The number of hydrogen-bond acceptors (Lipinski definition) is 3. The first-order valence-corrected chi connectivity index (χ1v) is 9.59. The lowest BCUT2D eigenvalue weighted by molar-refractivity contribution is 0.0976. The van der Waals surface area contributed by atoms with Gasteiger partial charge in [-0.25, -0.2) is 4.68 Å². The van der Waals surface area contributed by atoms with E-state index in [0.29, 0.717) is 12.0 Å². The van der Waals surface area contributed by atoms with E-state index in [0.717, 1.165) is 18.5 Å². The number of ketones is 1. The molecule has 25 heavy (non-hydrogen) atoms. The maximum absolute atomic E-state index is 12.3. The van der Waals surface area contributed by atoms with Gasteiger partial charge in [0.25, 0.3) is 0 Å². The number of carbonyl (C=O) groups excluding carboxylic acids is 1. The van der Waals surface area contributed by atoms with Gasteiger partial charge in [-0.3, -0.25) is 4.79 Å². The molecule has 0 radical (unpaired) electrons. The third-order valence-corrected chi connectivity index (χ3v) is 4.55. The molecule has 0 bridgehead atoms. The van der Waals surface area contributed by atoms with Crippen LogP contribution in [0.5, 0.6) is 5.88 Å². The standard InChI is InChI=1S/C21H30N2O2/c1-2-3-4-5-6-7-8-9-13-16-20(24)19-17-22-23(21(19)25)18-14-11-10-12-15-18/h10-12,14-15,17,25H,2-9,13,16H2,1H3. The zero-order valence-corrected chi connectivity index (χ0v) is 15.3. The smallest absolute Gasteiger partial charge is 0.225 e. The number of hydrogen-bond donors (Lipinski definition) is 1. The zero-order valence-electron chi connectivity index (χ0n) is 15.3. The van der Waals surface area contributed by atoms with E-state index < -0.39 is 0 Å². The van der Waals surface area contributed by atoms with E-state index in [1.807, 2.05) is 30.3 Å². The van der Waals surface area contributed by atoms with Gasteiger partial charge >= 0.3 is 0 Å². The molecule has 0 fully saturated rings. The number of nitrogens with zero attached hydrogens (tertiary/aromatic N) is 2. The third-order valence-electron chi connectivity index (χ3n) is 4.55. The minimum Gasteiger partial charge on any atom is -0.493 e. The number of carbonyl (C=O) groups is 1. The molecule has 1 aromatic heterocycles. The van der Waals surface area contributed by atoms with Crippen LogP contribution in [0.15, 0.2) is 36.5 Å². The molecule has 0 aliphatic carbocycles. The average molecular weight is 342 g/mol. The van der Waals surface area contributed by atoms with Crippen LogP contribution in [-0.4, -0.2) is 20.7 Å². The van der Waals surface area contributed by atoms with E-state index in [-0.39, 0.29) is 11.7 Å². The molecule has 0 atom stereocenters. The number of unbranched alkanes of at least 4 members (excludes halogenated alkanes) is 8. The summed E-state index contributed by atoms with van der Waals surface area (Å²) >= 11 is 0. The fourth-order valence-corrected chi connectivity index (χ4v) is 3.03. The molecule has 1 heterocycles. The highest BCUT2D eigenvalue weighted by Crippen LogP contribution is 2.23. The first-order chi connectivity index (χ1) is 12.2. The topological polar surface area (TPSA) is 55.1 Å². The Labute approximate surface area is 150 Å². The first-order valence-electron chi connectivity index (χ1n) is 9.59. The lowest BCUT2D eigenvalue weighted by Gasteiger charge is -2.04. The normalized spacial score (nSPS) is 10.9. The maximum Gasteiger partial charge on any atom is 0.225 e. The summed E-state index contributed by atoms with van der Waals surface area (Å²) < 4.78 is 1.41. The number of Topliss-reactive ketones (excluding diaryl/α,β-unsaturated/α-hetero) is 1. The van der Waals surface area contributed by atoms with Crippen LogP contribution in [0.3, 0.4) is 0 Å². The lowest BCUT2D eigenvalue weighted by atomic mass is 10.0. The summed E-state index contributed by atoms with van der Waals surface area (Å²) in [5, 5.41) is 14.4. The summed E-state index contributed by atoms with van der Waals surface area (Å²) in [7, 11) is 0. The third kappa shape index (κ3) is 6.04. The van der Waals surface area contributed by atoms with Gasteiger partial charge < -0.3 is 5.11 Å². The molecule has 0 aliphatic heterocycles. The van der Waals surface area contributed by atoms with E-state index in [1.54, 1.807) is 0 Å². The van der Waals surface area contributed by atoms with E-state index >= 15 is 0 Å². The number of benzene rings is 1. The van der Waals surface area contributed by atoms with Gasteiger partial charge in [-0.15, -0.1) is 0 Å². The molecule has 2 rings (SSSR count). The molecule has 0 amide bonds. The predicted octanol–water partition coefficient (Wildman–Crippen LogP) is 5.68. The Bertz CT molecular complexity index is 635. The second-order valence-electron chi connectivity index (χ2n) is 6.63. The van der Waals surface area contributed by atoms with Gasteiger partial charge in [0.15, 0.2) is 5.78 Å². The molecular formula is C21H30N2O2. The second kappa shape index (κ2) is 10.7. The summed E-state index contributed by atoms with van der Waals surface area (Å²) in [6.45, 7) is 2.23. The van der Waals surface area contributed by atoms with Crippen LogP contribution in [0.4, 0.5) is 0 Å². The lowest BCUT2D eigenvalue weighted by Crippen LogP contribution is -1.99. The van der Waals surface area contributed by atoms with E-state index in [1.165, 1.54) is 55.8 Å². The summed E-state index contributed by atoms with van der Waals surface area (Å²) in [5.41, 5.74) is 1.07. The monoisotopic (exact) mass is 342 g/mol. The molecule has 0 saturated heterocycles. The van der Waals surface area contributed by atoms with E-state index in [2.05, 4.69) is 12.0 Å². The van der Waals surface area contributed by atoms with Gasteiger partial charge in [0, 0.05) is 6.42 Å². The minimum atomic E-state index is -0.0628. The quantitative estimate of drug-likeness (QED) is 0.399. The Balaban J connectivity index is 1.71. The molecule has 4 heteroatoms. The van der Waals surface area contributed by atoms with Crippen molar-refractivity contribution in [2.24, 2.45) is 0 Å². The Morgan fingerprint density at radius 3 is 2.20 bits per heavy atom. The van der Waals surface area contributed by atoms with Crippen LogP contribution in [0.1, 0.15) is 81.5 Å². The van der Waals surface area contributed by atoms with Crippen LogP contribution in [0, 0.1) is 0 Å². The fraction of sp³-hybridized carbons (Fsp3) is 0.524. The van der Waals surface area contributed by atoms with Crippen molar-refractivity contribution in [3.05, 3.63) is 42.1 Å². The number of aromatic hydroxyl groups is 1. The molecule has 0 unspecified atom stereocenters. The largest absolute Gasteiger partial charge is 0.493 e. The number of rotatable bonds is 12. The molecule has 0 saturated carbocycles. The molecule has 0 aliphatic rings. The molecule has 136 valence electrons. The van der Waals surface area contributed by atoms with Crippen molar-refractivity contribution in [3.8, 4) is 11.6 Å². The van der Waals surface area contributed by atoms with E-state index in [9.17, 15) is 9.90 Å². The molecule has 1 N–H and O–H groups in total. The highest BCUT2D eigenvalue weighted by molar-refractivity contribution is 5.98. The Kier molecular flexibility index (Phi) is 8.23. The van der Waals surface area contributed by atoms with E-state index in [4.69, 9.17) is 0 Å². The van der Waals surface area contributed by atoms with Crippen molar-refractivity contribution in [2.45, 2.75) is 71.1 Å². The SMILES string of the molecule is CCCCCCCCCCCC(=O)c1cnn(-c2ccccc2)c1O. The van der Waals surface area contributed by atoms with Crippen LogP contribution >= 0.6 is 0 Å². The highest BCUT2D eigenvalue weighted by atomic mass is 16.3. The molecule has 0 spiro atoms. The van der Waals surface area contributed by atoms with Crippen molar-refractivity contribution < 1.29 is 9.90 Å². The summed E-state index contributed by atoms with van der Waals surface area (Å²) in [5.74, 6) is -0.0882. The average Bonchev–Trinajstić information content (AvgIpc) is 3.02. The Morgan fingerprint density at radius 2 is 1.56 bits per heavy atom. The van der Waals surface area contributed by atoms with Crippen LogP contribution in [-0.2, 0) is 0 Å². The summed E-state index contributed by atoms with van der Waals surface area (Å²) in [4.78, 5) is 12.3. The van der Waals surface area contributed by atoms with Gasteiger partial charge in [-0.2, -0.15) is 5.10 Å². The number of aromatic nitrogens is 2. The van der Waals surface area contributed by atoms with Crippen LogP contribution in [0.2, 0.25) is 0 Å². The fourth-order valence-electron chi connectivity index (χ4n) is 3.03. The van der Waals surface area contributed by atoms with Crippen molar-refractivity contribution in [2.75, 3.05) is 0 Å². The first kappa shape index (κ1) is 19.2.